The standard InChI is InChI=1S/C16H12F3NO2/c1-22-15-12(6-4-10-20-15)14(21)9-8-11-5-2-3-7-13(11)16(17,18)19/h2-10H,1H3/b9-8+. The molecule has 0 bridgehead atoms. The minimum absolute atomic E-state index is 0.0776. The zero-order valence-corrected chi connectivity index (χ0v) is 11.6. The van der Waals surface area contributed by atoms with Crippen LogP contribution >= 0.6 is 0 Å². The summed E-state index contributed by atoms with van der Waals surface area (Å²) in [6.45, 7) is 0. The average molecular weight is 307 g/mol. The van der Waals surface area contributed by atoms with E-state index in [0.717, 1.165) is 18.2 Å². The lowest BCUT2D eigenvalue weighted by Gasteiger charge is -2.09. The molecule has 0 saturated heterocycles. The Kier molecular flexibility index (Phi) is 4.60. The third-order valence-electron chi connectivity index (χ3n) is 2.91. The van der Waals surface area contributed by atoms with E-state index >= 15 is 0 Å². The lowest BCUT2D eigenvalue weighted by Crippen LogP contribution is -2.07. The predicted molar refractivity (Wildman–Crippen MR) is 75.6 cm³/mol. The molecule has 0 fully saturated rings. The van der Waals surface area contributed by atoms with Gasteiger partial charge in [-0.3, -0.25) is 4.79 Å². The molecular weight excluding hydrogens is 295 g/mol. The van der Waals surface area contributed by atoms with Crippen LogP contribution in [0.5, 0.6) is 5.88 Å². The number of aromatic nitrogens is 1. The van der Waals surface area contributed by atoms with E-state index in [1.165, 1.54) is 37.6 Å². The molecule has 0 spiro atoms. The molecule has 0 aliphatic heterocycles. The third-order valence-corrected chi connectivity index (χ3v) is 2.91. The van der Waals surface area contributed by atoms with Crippen LogP contribution in [0.15, 0.2) is 48.7 Å². The summed E-state index contributed by atoms with van der Waals surface area (Å²) in [4.78, 5) is 15.9. The van der Waals surface area contributed by atoms with Crippen molar-refractivity contribution in [2.24, 2.45) is 0 Å². The zero-order chi connectivity index (χ0) is 16.2. The number of nitrogens with zero attached hydrogens (tertiary/aromatic N) is 1. The van der Waals surface area contributed by atoms with Gasteiger partial charge >= 0.3 is 6.18 Å². The molecule has 1 heterocycles. The van der Waals surface area contributed by atoms with Gasteiger partial charge < -0.3 is 4.74 Å². The number of ether oxygens (including phenoxy) is 1. The fraction of sp³-hybridized carbons (Fsp3) is 0.125. The summed E-state index contributed by atoms with van der Waals surface area (Å²) >= 11 is 0. The van der Waals surface area contributed by atoms with Gasteiger partial charge in [-0.2, -0.15) is 13.2 Å². The fourth-order valence-corrected chi connectivity index (χ4v) is 1.90. The highest BCUT2D eigenvalue weighted by molar-refractivity contribution is 6.08. The Balaban J connectivity index is 2.32. The zero-order valence-electron chi connectivity index (χ0n) is 11.6. The first-order valence-corrected chi connectivity index (χ1v) is 6.31. The predicted octanol–water partition coefficient (Wildman–Crippen LogP) is 4.01. The maximum atomic E-state index is 12.9. The molecule has 0 N–H and O–H groups in total. The Morgan fingerprint density at radius 2 is 1.91 bits per heavy atom. The average Bonchev–Trinajstić information content (AvgIpc) is 2.52. The SMILES string of the molecule is COc1ncccc1C(=O)/C=C/c1ccccc1C(F)(F)F. The monoisotopic (exact) mass is 307 g/mol. The molecule has 114 valence electrons. The molecule has 0 atom stereocenters. The lowest BCUT2D eigenvalue weighted by atomic mass is 10.1. The third kappa shape index (κ3) is 3.52. The first-order valence-electron chi connectivity index (χ1n) is 6.31. The molecule has 3 nitrogen and oxygen atoms in total. The molecular formula is C16H12F3NO2. The van der Waals surface area contributed by atoms with E-state index < -0.39 is 17.5 Å². The van der Waals surface area contributed by atoms with Crippen LogP contribution in [-0.4, -0.2) is 17.9 Å². The fourth-order valence-electron chi connectivity index (χ4n) is 1.90. The van der Waals surface area contributed by atoms with Crippen LogP contribution in [0.1, 0.15) is 21.5 Å². The molecule has 1 aromatic heterocycles. The number of pyridine rings is 1. The van der Waals surface area contributed by atoms with Crippen molar-refractivity contribution in [3.05, 3.63) is 65.4 Å². The van der Waals surface area contributed by atoms with Crippen molar-refractivity contribution < 1.29 is 22.7 Å². The molecule has 0 radical (unpaired) electrons. The minimum Gasteiger partial charge on any atom is -0.480 e. The maximum absolute atomic E-state index is 12.9. The van der Waals surface area contributed by atoms with Gasteiger partial charge in [0.1, 0.15) is 0 Å². The number of methoxy groups -OCH3 is 1. The van der Waals surface area contributed by atoms with Gasteiger partial charge in [-0.25, -0.2) is 4.98 Å². The number of carbonyl (C=O) groups excluding carboxylic acids is 1. The van der Waals surface area contributed by atoms with Crippen LogP contribution in [0.2, 0.25) is 0 Å². The normalized spacial score (nSPS) is 11.6. The van der Waals surface area contributed by atoms with Crippen molar-refractivity contribution >= 4 is 11.9 Å². The molecule has 0 amide bonds. The minimum atomic E-state index is -4.48. The Hall–Kier alpha value is -2.63. The van der Waals surface area contributed by atoms with E-state index in [2.05, 4.69) is 4.98 Å². The van der Waals surface area contributed by atoms with Crippen molar-refractivity contribution in [3.8, 4) is 5.88 Å². The van der Waals surface area contributed by atoms with Gasteiger partial charge in [-0.15, -0.1) is 0 Å². The Bertz CT molecular complexity index is 709. The summed E-state index contributed by atoms with van der Waals surface area (Å²) in [5, 5.41) is 0. The number of halogens is 3. The van der Waals surface area contributed by atoms with Crippen LogP contribution in [-0.2, 0) is 6.18 Å². The van der Waals surface area contributed by atoms with E-state index in [1.54, 1.807) is 6.07 Å². The summed E-state index contributed by atoms with van der Waals surface area (Å²) in [6, 6.07) is 8.08. The lowest BCUT2D eigenvalue weighted by molar-refractivity contribution is -0.137. The molecule has 22 heavy (non-hydrogen) atoms. The smallest absolute Gasteiger partial charge is 0.416 e. The summed E-state index contributed by atoms with van der Waals surface area (Å²) in [7, 11) is 1.36. The van der Waals surface area contributed by atoms with Crippen molar-refractivity contribution in [3.63, 3.8) is 0 Å². The number of rotatable bonds is 4. The first kappa shape index (κ1) is 15.8. The van der Waals surface area contributed by atoms with Gasteiger partial charge in [0.05, 0.1) is 18.2 Å². The molecule has 2 rings (SSSR count). The second kappa shape index (κ2) is 6.43. The second-order valence-corrected chi connectivity index (χ2v) is 4.34. The second-order valence-electron chi connectivity index (χ2n) is 4.34. The van der Waals surface area contributed by atoms with E-state index in [9.17, 15) is 18.0 Å². The quantitative estimate of drug-likeness (QED) is 0.633. The molecule has 6 heteroatoms. The number of allylic oxidation sites excluding steroid dienone is 1. The van der Waals surface area contributed by atoms with Crippen molar-refractivity contribution in [2.45, 2.75) is 6.18 Å². The van der Waals surface area contributed by atoms with Gasteiger partial charge in [-0.05, 0) is 29.8 Å². The van der Waals surface area contributed by atoms with E-state index in [0.29, 0.717) is 0 Å². The molecule has 0 aliphatic rings. The maximum Gasteiger partial charge on any atom is 0.416 e. The summed E-state index contributed by atoms with van der Waals surface area (Å²) < 4.78 is 43.5. The van der Waals surface area contributed by atoms with Crippen molar-refractivity contribution in [1.82, 2.24) is 4.98 Å². The Morgan fingerprint density at radius 1 is 1.18 bits per heavy atom. The molecule has 0 aliphatic carbocycles. The van der Waals surface area contributed by atoms with Crippen LogP contribution in [0, 0.1) is 0 Å². The number of carbonyl (C=O) groups is 1. The highest BCUT2D eigenvalue weighted by Crippen LogP contribution is 2.32. The Labute approximate surface area is 125 Å². The van der Waals surface area contributed by atoms with E-state index in [-0.39, 0.29) is 17.0 Å². The molecule has 2 aromatic rings. The largest absolute Gasteiger partial charge is 0.480 e. The van der Waals surface area contributed by atoms with Gasteiger partial charge in [0, 0.05) is 6.20 Å². The van der Waals surface area contributed by atoms with Gasteiger partial charge in [-0.1, -0.05) is 24.3 Å². The van der Waals surface area contributed by atoms with E-state index in [4.69, 9.17) is 4.74 Å². The summed E-state index contributed by atoms with van der Waals surface area (Å²) in [5.41, 5.74) is -0.686. The van der Waals surface area contributed by atoms with Gasteiger partial charge in [0.15, 0.2) is 5.78 Å². The number of alkyl halides is 3. The summed E-state index contributed by atoms with van der Waals surface area (Å²) in [5.74, 6) is -0.358. The molecule has 0 unspecified atom stereocenters. The van der Waals surface area contributed by atoms with Crippen LogP contribution < -0.4 is 4.74 Å². The number of ketones is 1. The van der Waals surface area contributed by atoms with Gasteiger partial charge in [0.2, 0.25) is 5.88 Å². The Morgan fingerprint density at radius 3 is 2.59 bits per heavy atom. The first-order chi connectivity index (χ1) is 10.4. The van der Waals surface area contributed by atoms with Gasteiger partial charge in [0.25, 0.3) is 0 Å². The summed E-state index contributed by atoms with van der Waals surface area (Å²) in [6.07, 6.45) is -0.810. The van der Waals surface area contributed by atoms with Crippen LogP contribution in [0.3, 0.4) is 0 Å². The highest BCUT2D eigenvalue weighted by atomic mass is 19.4. The number of hydrogen-bond donors (Lipinski definition) is 0. The van der Waals surface area contributed by atoms with E-state index in [1.807, 2.05) is 0 Å². The van der Waals surface area contributed by atoms with Crippen LogP contribution in [0.4, 0.5) is 13.2 Å². The molecule has 0 saturated carbocycles. The molecule has 1 aromatic carbocycles. The topological polar surface area (TPSA) is 39.2 Å². The van der Waals surface area contributed by atoms with Crippen molar-refractivity contribution in [1.29, 1.82) is 0 Å². The van der Waals surface area contributed by atoms with Crippen molar-refractivity contribution in [2.75, 3.05) is 7.11 Å². The number of hydrogen-bond acceptors (Lipinski definition) is 3. The van der Waals surface area contributed by atoms with Crippen LogP contribution in [0.25, 0.3) is 6.08 Å². The highest BCUT2D eigenvalue weighted by Gasteiger charge is 2.32. The number of benzene rings is 1.